The highest BCUT2D eigenvalue weighted by Crippen LogP contribution is 2.20. The van der Waals surface area contributed by atoms with Gasteiger partial charge in [0.2, 0.25) is 0 Å². The van der Waals surface area contributed by atoms with Crippen LogP contribution in [0.15, 0.2) is 67.1 Å². The zero-order chi connectivity index (χ0) is 16.8. The van der Waals surface area contributed by atoms with Gasteiger partial charge >= 0.3 is 0 Å². The Labute approximate surface area is 140 Å². The summed E-state index contributed by atoms with van der Waals surface area (Å²) in [6.45, 7) is 0.481. The molecule has 0 spiro atoms. The third-order valence-corrected chi connectivity index (χ3v) is 3.70. The second-order valence-electron chi connectivity index (χ2n) is 5.41. The smallest absolute Gasteiger partial charge is 0.259 e. The maximum Gasteiger partial charge on any atom is 0.259 e. The monoisotopic (exact) mass is 321 g/mol. The van der Waals surface area contributed by atoms with Crippen molar-refractivity contribution in [1.82, 2.24) is 9.55 Å². The highest BCUT2D eigenvalue weighted by Gasteiger charge is 2.12. The van der Waals surface area contributed by atoms with Gasteiger partial charge in [-0.1, -0.05) is 30.3 Å². The summed E-state index contributed by atoms with van der Waals surface area (Å²) < 4.78 is 7.78. The quantitative estimate of drug-likeness (QED) is 0.758. The van der Waals surface area contributed by atoms with Crippen LogP contribution in [-0.4, -0.2) is 22.1 Å². The lowest BCUT2D eigenvalue weighted by Crippen LogP contribution is -2.14. The van der Waals surface area contributed by atoms with Crippen molar-refractivity contribution in [2.75, 3.05) is 11.9 Å². The minimum atomic E-state index is -0.183. The van der Waals surface area contributed by atoms with Crippen LogP contribution in [-0.2, 0) is 13.5 Å². The van der Waals surface area contributed by atoms with E-state index in [1.54, 1.807) is 12.4 Å². The Morgan fingerprint density at radius 3 is 2.62 bits per heavy atom. The highest BCUT2D eigenvalue weighted by atomic mass is 16.5. The Morgan fingerprint density at radius 2 is 1.88 bits per heavy atom. The van der Waals surface area contributed by atoms with Crippen molar-refractivity contribution in [2.24, 2.45) is 7.05 Å². The van der Waals surface area contributed by atoms with E-state index in [-0.39, 0.29) is 5.91 Å². The molecule has 1 aromatic heterocycles. The number of para-hydroxylation sites is 2. The summed E-state index contributed by atoms with van der Waals surface area (Å²) in [7, 11) is 1.95. The van der Waals surface area contributed by atoms with Gasteiger partial charge in [0.15, 0.2) is 0 Å². The number of imidazole rings is 1. The zero-order valence-electron chi connectivity index (χ0n) is 13.5. The van der Waals surface area contributed by atoms with Gasteiger partial charge in [-0.15, -0.1) is 0 Å². The number of ether oxygens (including phenoxy) is 1. The summed E-state index contributed by atoms with van der Waals surface area (Å²) in [5, 5.41) is 2.88. The third-order valence-electron chi connectivity index (χ3n) is 3.70. The molecule has 0 unspecified atom stereocenters. The summed E-state index contributed by atoms with van der Waals surface area (Å²) >= 11 is 0. The number of hydrogen-bond acceptors (Lipinski definition) is 3. The third kappa shape index (κ3) is 3.81. The molecule has 3 aromatic rings. The molecule has 5 nitrogen and oxygen atoms in total. The number of anilines is 1. The first kappa shape index (κ1) is 15.8. The van der Waals surface area contributed by atoms with Crippen LogP contribution < -0.4 is 10.1 Å². The number of carbonyl (C=O) groups excluding carboxylic acids is 1. The van der Waals surface area contributed by atoms with Crippen LogP contribution in [0.25, 0.3) is 0 Å². The Morgan fingerprint density at radius 1 is 1.12 bits per heavy atom. The Hall–Kier alpha value is -3.08. The fraction of sp³-hybridized carbons (Fsp3) is 0.158. The van der Waals surface area contributed by atoms with Crippen molar-refractivity contribution >= 4 is 11.6 Å². The molecule has 0 aliphatic heterocycles. The van der Waals surface area contributed by atoms with Crippen molar-refractivity contribution in [2.45, 2.75) is 6.42 Å². The average Bonchev–Trinajstić information content (AvgIpc) is 3.01. The van der Waals surface area contributed by atoms with E-state index < -0.39 is 0 Å². The lowest BCUT2D eigenvalue weighted by atomic mass is 10.2. The van der Waals surface area contributed by atoms with Gasteiger partial charge in [-0.25, -0.2) is 4.98 Å². The maximum absolute atomic E-state index is 12.5. The van der Waals surface area contributed by atoms with E-state index in [4.69, 9.17) is 4.74 Å². The molecule has 0 atom stereocenters. The number of nitrogens with one attached hydrogen (secondary N) is 1. The lowest BCUT2D eigenvalue weighted by molar-refractivity contribution is 0.102. The van der Waals surface area contributed by atoms with Crippen molar-refractivity contribution in [3.8, 4) is 5.75 Å². The van der Waals surface area contributed by atoms with Crippen LogP contribution in [0.5, 0.6) is 5.75 Å². The van der Waals surface area contributed by atoms with Crippen LogP contribution >= 0.6 is 0 Å². The van der Waals surface area contributed by atoms with Gasteiger partial charge in [-0.3, -0.25) is 4.79 Å². The number of rotatable bonds is 6. The van der Waals surface area contributed by atoms with Crippen molar-refractivity contribution in [3.05, 3.63) is 78.4 Å². The number of nitrogens with zero attached hydrogens (tertiary/aromatic N) is 2. The lowest BCUT2D eigenvalue weighted by Gasteiger charge is -2.12. The number of hydrogen-bond donors (Lipinski definition) is 1. The van der Waals surface area contributed by atoms with E-state index in [1.807, 2.05) is 66.3 Å². The van der Waals surface area contributed by atoms with Gasteiger partial charge in [0.25, 0.3) is 5.91 Å². The molecule has 0 aliphatic rings. The molecule has 0 fully saturated rings. The molecule has 5 heteroatoms. The molecule has 0 bridgehead atoms. The van der Waals surface area contributed by atoms with Gasteiger partial charge in [-0.05, 0) is 24.3 Å². The Kier molecular flexibility index (Phi) is 4.91. The SMILES string of the molecule is Cn1cncc1CCOc1ccccc1C(=O)Nc1ccccc1. The van der Waals surface area contributed by atoms with Gasteiger partial charge < -0.3 is 14.6 Å². The van der Waals surface area contributed by atoms with Crippen LogP contribution in [0.2, 0.25) is 0 Å². The molecule has 1 amide bonds. The first-order valence-electron chi connectivity index (χ1n) is 7.77. The molecule has 122 valence electrons. The minimum Gasteiger partial charge on any atom is -0.492 e. The molecule has 0 radical (unpaired) electrons. The molecule has 2 aromatic carbocycles. The fourth-order valence-electron chi connectivity index (χ4n) is 2.39. The van der Waals surface area contributed by atoms with E-state index in [9.17, 15) is 4.79 Å². The molecule has 0 saturated carbocycles. The van der Waals surface area contributed by atoms with E-state index >= 15 is 0 Å². The Balaban J connectivity index is 1.66. The molecule has 3 rings (SSSR count). The first-order chi connectivity index (χ1) is 11.7. The first-order valence-corrected chi connectivity index (χ1v) is 7.77. The summed E-state index contributed by atoms with van der Waals surface area (Å²) in [4.78, 5) is 16.6. The molecular formula is C19H19N3O2. The average molecular weight is 321 g/mol. The highest BCUT2D eigenvalue weighted by molar-refractivity contribution is 6.06. The number of carbonyl (C=O) groups is 1. The molecule has 0 saturated heterocycles. The van der Waals surface area contributed by atoms with E-state index in [0.717, 1.165) is 17.8 Å². The van der Waals surface area contributed by atoms with Gasteiger partial charge in [0.05, 0.1) is 18.5 Å². The number of benzene rings is 2. The second-order valence-corrected chi connectivity index (χ2v) is 5.41. The van der Waals surface area contributed by atoms with E-state index in [0.29, 0.717) is 17.9 Å². The number of aromatic nitrogens is 2. The van der Waals surface area contributed by atoms with E-state index in [1.165, 1.54) is 0 Å². The number of aryl methyl sites for hydroxylation is 1. The van der Waals surface area contributed by atoms with Crippen LogP contribution in [0.1, 0.15) is 16.1 Å². The summed E-state index contributed by atoms with van der Waals surface area (Å²) in [6.07, 6.45) is 4.30. The molecule has 1 heterocycles. The van der Waals surface area contributed by atoms with Gasteiger partial charge in [0.1, 0.15) is 5.75 Å². The molecule has 1 N–H and O–H groups in total. The topological polar surface area (TPSA) is 56.2 Å². The van der Waals surface area contributed by atoms with Gasteiger partial charge in [-0.2, -0.15) is 0 Å². The standard InChI is InChI=1S/C19H19N3O2/c1-22-14-20-13-16(22)11-12-24-18-10-6-5-9-17(18)19(23)21-15-7-3-2-4-8-15/h2-10,13-14H,11-12H2,1H3,(H,21,23). The zero-order valence-corrected chi connectivity index (χ0v) is 13.5. The summed E-state index contributed by atoms with van der Waals surface area (Å²) in [5.41, 5.74) is 2.36. The van der Waals surface area contributed by atoms with Gasteiger partial charge in [0, 0.05) is 31.0 Å². The normalized spacial score (nSPS) is 10.4. The largest absolute Gasteiger partial charge is 0.492 e. The van der Waals surface area contributed by atoms with Crippen molar-refractivity contribution < 1.29 is 9.53 Å². The summed E-state index contributed by atoms with van der Waals surface area (Å²) in [5.74, 6) is 0.394. The predicted molar refractivity (Wildman–Crippen MR) is 93.2 cm³/mol. The van der Waals surface area contributed by atoms with Crippen molar-refractivity contribution in [3.63, 3.8) is 0 Å². The Bertz CT molecular complexity index is 812. The minimum absolute atomic E-state index is 0.183. The fourth-order valence-corrected chi connectivity index (χ4v) is 2.39. The second kappa shape index (κ2) is 7.46. The summed E-state index contributed by atoms with van der Waals surface area (Å²) in [6, 6.07) is 16.6. The van der Waals surface area contributed by atoms with Crippen molar-refractivity contribution in [1.29, 1.82) is 0 Å². The van der Waals surface area contributed by atoms with Crippen LogP contribution in [0, 0.1) is 0 Å². The molecular weight excluding hydrogens is 302 g/mol. The number of amides is 1. The molecule has 24 heavy (non-hydrogen) atoms. The van der Waals surface area contributed by atoms with Crippen LogP contribution in [0.3, 0.4) is 0 Å². The van der Waals surface area contributed by atoms with Crippen LogP contribution in [0.4, 0.5) is 5.69 Å². The maximum atomic E-state index is 12.5. The predicted octanol–water partition coefficient (Wildman–Crippen LogP) is 3.29. The molecule has 0 aliphatic carbocycles. The van der Waals surface area contributed by atoms with E-state index in [2.05, 4.69) is 10.3 Å².